The molecule has 1 saturated heterocycles. The molecule has 0 saturated carbocycles. The predicted molar refractivity (Wildman–Crippen MR) is 74.9 cm³/mol. The number of hydrogen-bond acceptors (Lipinski definition) is 2. The predicted octanol–water partition coefficient (Wildman–Crippen LogP) is 2.70. The molecule has 6 heteroatoms. The number of ether oxygens (including phenoxy) is 1. The van der Waals surface area contributed by atoms with Gasteiger partial charge in [-0.05, 0) is 24.6 Å². The minimum atomic E-state index is -0.654. The highest BCUT2D eigenvalue weighted by molar-refractivity contribution is 5.74. The second kappa shape index (κ2) is 5.97. The zero-order chi connectivity index (χ0) is 15.6. The summed E-state index contributed by atoms with van der Waals surface area (Å²) in [6.45, 7) is 5.58. The van der Waals surface area contributed by atoms with Gasteiger partial charge < -0.3 is 15.0 Å². The third kappa shape index (κ3) is 3.91. The van der Waals surface area contributed by atoms with Gasteiger partial charge in [0.15, 0.2) is 0 Å². The van der Waals surface area contributed by atoms with Crippen LogP contribution in [0.3, 0.4) is 0 Å². The number of benzene rings is 1. The van der Waals surface area contributed by atoms with Crippen molar-refractivity contribution in [3.05, 3.63) is 35.4 Å². The van der Waals surface area contributed by atoms with Crippen LogP contribution >= 0.6 is 0 Å². The van der Waals surface area contributed by atoms with Crippen LogP contribution in [0.1, 0.15) is 25.5 Å². The van der Waals surface area contributed by atoms with E-state index in [0.717, 1.165) is 6.07 Å². The molecular weight excluding hydrogens is 278 g/mol. The van der Waals surface area contributed by atoms with Crippen molar-refractivity contribution in [2.24, 2.45) is 5.41 Å². The maximum absolute atomic E-state index is 13.2. The summed E-state index contributed by atoms with van der Waals surface area (Å²) in [7, 11) is 1.69. The molecule has 4 nitrogen and oxygen atoms in total. The first-order chi connectivity index (χ1) is 9.79. The molecule has 1 fully saturated rings. The smallest absolute Gasteiger partial charge is 0.317 e. The van der Waals surface area contributed by atoms with Crippen molar-refractivity contribution < 1.29 is 18.3 Å². The van der Waals surface area contributed by atoms with Crippen molar-refractivity contribution in [2.45, 2.75) is 19.9 Å². The maximum atomic E-state index is 13.2. The highest BCUT2D eigenvalue weighted by atomic mass is 19.1. The summed E-state index contributed by atoms with van der Waals surface area (Å²) in [4.78, 5) is 13.7. The van der Waals surface area contributed by atoms with E-state index in [0.29, 0.717) is 25.3 Å². The Hall–Kier alpha value is -1.69. The Morgan fingerprint density at radius 3 is 2.43 bits per heavy atom. The summed E-state index contributed by atoms with van der Waals surface area (Å²) >= 11 is 0. The lowest BCUT2D eigenvalue weighted by atomic mass is 9.88. The van der Waals surface area contributed by atoms with Crippen molar-refractivity contribution in [1.82, 2.24) is 10.2 Å². The van der Waals surface area contributed by atoms with Gasteiger partial charge in [-0.25, -0.2) is 13.6 Å². The maximum Gasteiger partial charge on any atom is 0.317 e. The van der Waals surface area contributed by atoms with Gasteiger partial charge in [0, 0.05) is 25.1 Å². The second-order valence-electron chi connectivity index (χ2n) is 6.03. The van der Waals surface area contributed by atoms with Crippen LogP contribution in [0.15, 0.2) is 18.2 Å². The minimum absolute atomic E-state index is 0.0136. The van der Waals surface area contributed by atoms with Crippen LogP contribution in [0.25, 0.3) is 0 Å². The first-order valence-electron chi connectivity index (χ1n) is 6.84. The number of nitrogens with one attached hydrogen (secondary N) is 1. The number of rotatable bonds is 4. The summed E-state index contributed by atoms with van der Waals surface area (Å²) in [5.74, 6) is -1.31. The van der Waals surface area contributed by atoms with E-state index >= 15 is 0 Å². The molecule has 0 unspecified atom stereocenters. The number of amides is 2. The molecule has 1 atom stereocenters. The second-order valence-corrected chi connectivity index (χ2v) is 6.03. The Kier molecular flexibility index (Phi) is 4.46. The Morgan fingerprint density at radius 1 is 1.38 bits per heavy atom. The van der Waals surface area contributed by atoms with Crippen molar-refractivity contribution in [1.29, 1.82) is 0 Å². The lowest BCUT2D eigenvalue weighted by Gasteiger charge is -2.40. The molecular formula is C15H20F2N2O2. The average molecular weight is 298 g/mol. The molecule has 0 radical (unpaired) electrons. The lowest BCUT2D eigenvalue weighted by molar-refractivity contribution is -0.108. The Labute approximate surface area is 123 Å². The molecule has 2 rings (SSSR count). The number of carbonyl (C=O) groups is 1. The van der Waals surface area contributed by atoms with Crippen LogP contribution in [-0.2, 0) is 4.74 Å². The summed E-state index contributed by atoms with van der Waals surface area (Å²) in [5.41, 5.74) is 0.382. The van der Waals surface area contributed by atoms with Gasteiger partial charge in [0.1, 0.15) is 11.6 Å². The van der Waals surface area contributed by atoms with Gasteiger partial charge in [0.2, 0.25) is 0 Å². The summed E-state index contributed by atoms with van der Waals surface area (Å²) in [6.07, 6.45) is 0. The van der Waals surface area contributed by atoms with E-state index in [-0.39, 0.29) is 11.4 Å². The molecule has 0 spiro atoms. The van der Waals surface area contributed by atoms with Crippen LogP contribution in [0.5, 0.6) is 0 Å². The van der Waals surface area contributed by atoms with E-state index < -0.39 is 17.7 Å². The molecule has 2 amide bonds. The molecule has 21 heavy (non-hydrogen) atoms. The van der Waals surface area contributed by atoms with E-state index in [9.17, 15) is 13.6 Å². The average Bonchev–Trinajstić information content (AvgIpc) is 2.35. The highest BCUT2D eigenvalue weighted by Gasteiger charge is 2.35. The number of urea groups is 1. The zero-order valence-corrected chi connectivity index (χ0v) is 12.5. The van der Waals surface area contributed by atoms with Gasteiger partial charge in [-0.3, -0.25) is 0 Å². The molecule has 1 aromatic carbocycles. The van der Waals surface area contributed by atoms with Gasteiger partial charge in [-0.2, -0.15) is 0 Å². The Balaban J connectivity index is 1.94. The quantitative estimate of drug-likeness (QED) is 0.928. The van der Waals surface area contributed by atoms with E-state index in [2.05, 4.69) is 5.32 Å². The van der Waals surface area contributed by atoms with Gasteiger partial charge in [0.05, 0.1) is 19.3 Å². The monoisotopic (exact) mass is 298 g/mol. The molecule has 1 heterocycles. The van der Waals surface area contributed by atoms with Crippen molar-refractivity contribution in [2.75, 3.05) is 26.8 Å². The standard InChI is InChI=1S/C15H20F2N2O2/c1-10(11-4-12(16)6-13(17)5-11)18-14(20)19(3)7-15(2)8-21-9-15/h4-6,10H,7-9H2,1-3H3,(H,18,20)/t10-/m1/s1. The van der Waals surface area contributed by atoms with E-state index in [1.807, 2.05) is 6.92 Å². The molecule has 1 aliphatic rings. The third-order valence-electron chi connectivity index (χ3n) is 3.59. The van der Waals surface area contributed by atoms with E-state index in [1.165, 1.54) is 12.1 Å². The van der Waals surface area contributed by atoms with Crippen LogP contribution < -0.4 is 5.32 Å². The van der Waals surface area contributed by atoms with Gasteiger partial charge >= 0.3 is 6.03 Å². The first kappa shape index (κ1) is 15.7. The summed E-state index contributed by atoms with van der Waals surface area (Å²) in [6, 6.07) is 2.49. The molecule has 0 bridgehead atoms. The van der Waals surface area contributed by atoms with Crippen molar-refractivity contribution in [3.8, 4) is 0 Å². The summed E-state index contributed by atoms with van der Waals surface area (Å²) < 4.78 is 31.5. The first-order valence-corrected chi connectivity index (χ1v) is 6.84. The van der Waals surface area contributed by atoms with Gasteiger partial charge in [-0.15, -0.1) is 0 Å². The largest absolute Gasteiger partial charge is 0.380 e. The molecule has 1 N–H and O–H groups in total. The third-order valence-corrected chi connectivity index (χ3v) is 3.59. The zero-order valence-electron chi connectivity index (χ0n) is 12.5. The van der Waals surface area contributed by atoms with Gasteiger partial charge in [-0.1, -0.05) is 6.92 Å². The number of carbonyl (C=O) groups excluding carboxylic acids is 1. The van der Waals surface area contributed by atoms with Crippen LogP contribution in [0.2, 0.25) is 0 Å². The number of nitrogens with zero attached hydrogens (tertiary/aromatic N) is 1. The fourth-order valence-corrected chi connectivity index (χ4v) is 2.39. The van der Waals surface area contributed by atoms with Crippen LogP contribution in [0, 0.1) is 17.0 Å². The number of hydrogen-bond donors (Lipinski definition) is 1. The van der Waals surface area contributed by atoms with Crippen molar-refractivity contribution in [3.63, 3.8) is 0 Å². The topological polar surface area (TPSA) is 41.6 Å². The molecule has 1 aliphatic heterocycles. The fraction of sp³-hybridized carbons (Fsp3) is 0.533. The minimum Gasteiger partial charge on any atom is -0.380 e. The lowest BCUT2D eigenvalue weighted by Crippen LogP contribution is -2.51. The normalized spacial score (nSPS) is 17.8. The van der Waals surface area contributed by atoms with E-state index in [4.69, 9.17) is 4.74 Å². The molecule has 1 aromatic rings. The van der Waals surface area contributed by atoms with Crippen molar-refractivity contribution >= 4 is 6.03 Å². The van der Waals surface area contributed by atoms with Crippen LogP contribution in [0.4, 0.5) is 13.6 Å². The van der Waals surface area contributed by atoms with E-state index in [1.54, 1.807) is 18.9 Å². The Morgan fingerprint density at radius 2 is 1.95 bits per heavy atom. The molecule has 116 valence electrons. The SMILES string of the molecule is C[C@@H](NC(=O)N(C)CC1(C)COC1)c1cc(F)cc(F)c1. The Bertz CT molecular complexity index is 512. The number of halogens is 2. The van der Waals surface area contributed by atoms with Gasteiger partial charge in [0.25, 0.3) is 0 Å². The fourth-order valence-electron chi connectivity index (χ4n) is 2.39. The molecule has 0 aliphatic carbocycles. The highest BCUT2D eigenvalue weighted by Crippen LogP contribution is 2.27. The van der Waals surface area contributed by atoms with Crippen LogP contribution in [-0.4, -0.2) is 37.7 Å². The molecule has 0 aromatic heterocycles. The summed E-state index contributed by atoms with van der Waals surface area (Å²) in [5, 5.41) is 2.73.